The van der Waals surface area contributed by atoms with E-state index in [0.717, 1.165) is 24.5 Å². The third kappa shape index (κ3) is 3.70. The van der Waals surface area contributed by atoms with E-state index in [2.05, 4.69) is 41.3 Å². The van der Waals surface area contributed by atoms with Gasteiger partial charge in [-0.1, -0.05) is 6.07 Å². The molecule has 1 aromatic heterocycles. The number of benzene rings is 1. The van der Waals surface area contributed by atoms with Crippen LogP contribution in [0.1, 0.15) is 42.3 Å². The summed E-state index contributed by atoms with van der Waals surface area (Å²) < 4.78 is 14.7. The molecular weight excluding hydrogens is 331 g/mol. The van der Waals surface area contributed by atoms with Crippen molar-refractivity contribution in [2.45, 2.75) is 39.8 Å². The van der Waals surface area contributed by atoms with Crippen molar-refractivity contribution in [3.63, 3.8) is 0 Å². The Balaban J connectivity index is 1.76. The SMILES string of the molecule is CCN(c1ccc(C(=O)Nc2ccc3c(c2F)CCNC3)cn1)C(C)C. The summed E-state index contributed by atoms with van der Waals surface area (Å²) in [5.74, 6) is 0.134. The van der Waals surface area contributed by atoms with Crippen molar-refractivity contribution in [3.8, 4) is 0 Å². The van der Waals surface area contributed by atoms with Gasteiger partial charge >= 0.3 is 0 Å². The van der Waals surface area contributed by atoms with E-state index in [4.69, 9.17) is 0 Å². The van der Waals surface area contributed by atoms with Crippen LogP contribution < -0.4 is 15.5 Å². The number of rotatable bonds is 5. The summed E-state index contributed by atoms with van der Waals surface area (Å²) in [6, 6.07) is 7.36. The second-order valence-electron chi connectivity index (χ2n) is 6.73. The zero-order valence-electron chi connectivity index (χ0n) is 15.5. The number of carbonyl (C=O) groups is 1. The summed E-state index contributed by atoms with van der Waals surface area (Å²) in [7, 11) is 0. The van der Waals surface area contributed by atoms with Gasteiger partial charge in [0.1, 0.15) is 11.6 Å². The molecule has 3 rings (SSSR count). The Morgan fingerprint density at radius 2 is 2.15 bits per heavy atom. The van der Waals surface area contributed by atoms with E-state index in [1.807, 2.05) is 12.1 Å². The average molecular weight is 356 g/mol. The molecule has 1 aliphatic heterocycles. The van der Waals surface area contributed by atoms with Gasteiger partial charge in [-0.05, 0) is 63.1 Å². The number of aromatic nitrogens is 1. The molecular formula is C20H25FN4O. The summed E-state index contributed by atoms with van der Waals surface area (Å²) in [6.45, 7) is 8.51. The van der Waals surface area contributed by atoms with Crippen LogP contribution in [0.2, 0.25) is 0 Å². The molecule has 6 heteroatoms. The van der Waals surface area contributed by atoms with Crippen LogP contribution in [0.4, 0.5) is 15.9 Å². The molecule has 0 radical (unpaired) electrons. The molecule has 0 fully saturated rings. The molecule has 0 saturated carbocycles. The van der Waals surface area contributed by atoms with E-state index >= 15 is 0 Å². The van der Waals surface area contributed by atoms with Gasteiger partial charge < -0.3 is 15.5 Å². The van der Waals surface area contributed by atoms with E-state index in [1.165, 1.54) is 6.20 Å². The Morgan fingerprint density at radius 1 is 1.35 bits per heavy atom. The van der Waals surface area contributed by atoms with Crippen LogP contribution in [0, 0.1) is 5.82 Å². The number of nitrogens with one attached hydrogen (secondary N) is 2. The third-order valence-corrected chi connectivity index (χ3v) is 4.72. The van der Waals surface area contributed by atoms with Crippen molar-refractivity contribution in [2.24, 2.45) is 0 Å². The lowest BCUT2D eigenvalue weighted by atomic mass is 9.99. The molecule has 1 aromatic carbocycles. The van der Waals surface area contributed by atoms with Gasteiger partial charge in [-0.15, -0.1) is 0 Å². The van der Waals surface area contributed by atoms with Crippen molar-refractivity contribution >= 4 is 17.4 Å². The Hall–Kier alpha value is -2.47. The van der Waals surface area contributed by atoms with Crippen LogP contribution in [-0.4, -0.2) is 30.0 Å². The smallest absolute Gasteiger partial charge is 0.257 e. The highest BCUT2D eigenvalue weighted by molar-refractivity contribution is 6.04. The van der Waals surface area contributed by atoms with Crippen LogP contribution >= 0.6 is 0 Å². The fraction of sp³-hybridized carbons (Fsp3) is 0.400. The first kappa shape index (κ1) is 18.3. The zero-order chi connectivity index (χ0) is 18.7. The average Bonchev–Trinajstić information content (AvgIpc) is 2.65. The third-order valence-electron chi connectivity index (χ3n) is 4.72. The molecule has 0 aliphatic carbocycles. The maximum absolute atomic E-state index is 14.7. The van der Waals surface area contributed by atoms with Gasteiger partial charge in [0.25, 0.3) is 5.91 Å². The molecule has 26 heavy (non-hydrogen) atoms. The first-order valence-electron chi connectivity index (χ1n) is 9.06. The van der Waals surface area contributed by atoms with Gasteiger partial charge in [0.15, 0.2) is 0 Å². The summed E-state index contributed by atoms with van der Waals surface area (Å²) in [5, 5.41) is 5.89. The Kier molecular flexibility index (Phi) is 5.52. The lowest BCUT2D eigenvalue weighted by Gasteiger charge is -2.26. The predicted octanol–water partition coefficient (Wildman–Crippen LogP) is 3.35. The number of hydrogen-bond acceptors (Lipinski definition) is 4. The van der Waals surface area contributed by atoms with Crippen molar-refractivity contribution in [1.29, 1.82) is 0 Å². The Bertz CT molecular complexity index is 789. The largest absolute Gasteiger partial charge is 0.354 e. The van der Waals surface area contributed by atoms with Crippen LogP contribution in [0.3, 0.4) is 0 Å². The summed E-state index contributed by atoms with van der Waals surface area (Å²) in [6.07, 6.45) is 2.17. The second kappa shape index (κ2) is 7.83. The summed E-state index contributed by atoms with van der Waals surface area (Å²) in [4.78, 5) is 19.0. The molecule has 0 unspecified atom stereocenters. The maximum atomic E-state index is 14.7. The fourth-order valence-electron chi connectivity index (χ4n) is 3.31. The molecule has 1 aliphatic rings. The van der Waals surface area contributed by atoms with Crippen molar-refractivity contribution in [3.05, 3.63) is 53.0 Å². The predicted molar refractivity (Wildman–Crippen MR) is 102 cm³/mol. The minimum Gasteiger partial charge on any atom is -0.354 e. The molecule has 2 N–H and O–H groups in total. The number of pyridine rings is 1. The number of halogens is 1. The van der Waals surface area contributed by atoms with Gasteiger partial charge in [-0.2, -0.15) is 0 Å². The quantitative estimate of drug-likeness (QED) is 0.863. The van der Waals surface area contributed by atoms with Crippen LogP contribution in [0.25, 0.3) is 0 Å². The van der Waals surface area contributed by atoms with Gasteiger partial charge in [-0.3, -0.25) is 4.79 Å². The minimum absolute atomic E-state index is 0.220. The molecule has 5 nitrogen and oxygen atoms in total. The standard InChI is InChI=1S/C20H25FN4O/c1-4-25(13(2)3)18-8-6-15(12-23-18)20(26)24-17-7-5-14-11-22-10-9-16(14)19(17)21/h5-8,12-13,22H,4,9-11H2,1-3H3,(H,24,26). The van der Waals surface area contributed by atoms with E-state index < -0.39 is 0 Å². The van der Waals surface area contributed by atoms with E-state index in [1.54, 1.807) is 12.1 Å². The number of fused-ring (bicyclic) bond motifs is 1. The fourth-order valence-corrected chi connectivity index (χ4v) is 3.31. The summed E-state index contributed by atoms with van der Waals surface area (Å²) in [5.41, 5.74) is 2.26. The van der Waals surface area contributed by atoms with E-state index in [0.29, 0.717) is 30.1 Å². The van der Waals surface area contributed by atoms with Crippen LogP contribution in [0.15, 0.2) is 30.5 Å². The Morgan fingerprint density at radius 3 is 2.81 bits per heavy atom. The molecule has 2 heterocycles. The van der Waals surface area contributed by atoms with E-state index in [-0.39, 0.29) is 17.4 Å². The molecule has 0 atom stereocenters. The van der Waals surface area contributed by atoms with Crippen molar-refractivity contribution in [2.75, 3.05) is 23.3 Å². The number of anilines is 2. The highest BCUT2D eigenvalue weighted by Gasteiger charge is 2.18. The van der Waals surface area contributed by atoms with Gasteiger partial charge in [0.2, 0.25) is 0 Å². The lowest BCUT2D eigenvalue weighted by molar-refractivity contribution is 0.102. The molecule has 0 saturated heterocycles. The molecule has 2 aromatic rings. The van der Waals surface area contributed by atoms with Crippen LogP contribution in [0.5, 0.6) is 0 Å². The molecule has 1 amide bonds. The van der Waals surface area contributed by atoms with Crippen molar-refractivity contribution in [1.82, 2.24) is 10.3 Å². The number of hydrogen-bond donors (Lipinski definition) is 2. The molecule has 0 bridgehead atoms. The number of amides is 1. The van der Waals surface area contributed by atoms with E-state index in [9.17, 15) is 9.18 Å². The maximum Gasteiger partial charge on any atom is 0.257 e. The first-order valence-corrected chi connectivity index (χ1v) is 9.06. The number of nitrogens with zero attached hydrogens (tertiary/aromatic N) is 2. The van der Waals surface area contributed by atoms with Crippen molar-refractivity contribution < 1.29 is 9.18 Å². The molecule has 138 valence electrons. The Labute approximate surface area is 153 Å². The topological polar surface area (TPSA) is 57.3 Å². The van der Waals surface area contributed by atoms with Gasteiger partial charge in [0.05, 0.1) is 11.3 Å². The lowest BCUT2D eigenvalue weighted by Crippen LogP contribution is -2.31. The minimum atomic E-state index is -0.357. The molecule has 0 spiro atoms. The zero-order valence-corrected chi connectivity index (χ0v) is 15.5. The highest BCUT2D eigenvalue weighted by atomic mass is 19.1. The number of carbonyl (C=O) groups excluding carboxylic acids is 1. The highest BCUT2D eigenvalue weighted by Crippen LogP contribution is 2.25. The van der Waals surface area contributed by atoms with Gasteiger partial charge in [-0.25, -0.2) is 9.37 Å². The summed E-state index contributed by atoms with van der Waals surface area (Å²) >= 11 is 0. The van der Waals surface area contributed by atoms with Crippen LogP contribution in [-0.2, 0) is 13.0 Å². The van der Waals surface area contributed by atoms with Gasteiger partial charge in [0, 0.05) is 25.3 Å². The monoisotopic (exact) mass is 356 g/mol. The second-order valence-corrected chi connectivity index (χ2v) is 6.73. The first-order chi connectivity index (χ1) is 12.5. The normalized spacial score (nSPS) is 13.4.